The molecule has 1 saturated heterocycles. The van der Waals surface area contributed by atoms with E-state index in [1.165, 1.54) is 5.69 Å². The molecule has 2 aromatic carbocycles. The number of rotatable bonds is 7. The van der Waals surface area contributed by atoms with Gasteiger partial charge in [0.15, 0.2) is 0 Å². The average molecular weight is 369 g/mol. The van der Waals surface area contributed by atoms with Crippen molar-refractivity contribution in [2.45, 2.75) is 6.42 Å². The lowest BCUT2D eigenvalue weighted by molar-refractivity contribution is -0.900. The zero-order valence-electron chi connectivity index (χ0n) is 15.9. The number of quaternary nitrogens is 1. The van der Waals surface area contributed by atoms with Gasteiger partial charge in [-0.3, -0.25) is 0 Å². The number of benzene rings is 2. The summed E-state index contributed by atoms with van der Waals surface area (Å²) in [7, 11) is 1.69. The zero-order chi connectivity index (χ0) is 18.9. The van der Waals surface area contributed by atoms with Gasteiger partial charge in [-0.2, -0.15) is 0 Å². The molecule has 144 valence electrons. The number of urea groups is 1. The van der Waals surface area contributed by atoms with Crippen LogP contribution in [0, 0.1) is 0 Å². The lowest BCUT2D eigenvalue weighted by atomic mass is 10.2. The maximum atomic E-state index is 11.9. The molecule has 6 nitrogen and oxygen atoms in total. The van der Waals surface area contributed by atoms with Crippen LogP contribution in [0.15, 0.2) is 54.6 Å². The highest BCUT2D eigenvalue weighted by Crippen LogP contribution is 2.18. The van der Waals surface area contributed by atoms with Gasteiger partial charge in [-0.15, -0.1) is 0 Å². The summed E-state index contributed by atoms with van der Waals surface area (Å²) >= 11 is 0. The first-order valence-electron chi connectivity index (χ1n) is 9.57. The van der Waals surface area contributed by atoms with Crippen molar-refractivity contribution in [2.75, 3.05) is 56.6 Å². The number of carbonyl (C=O) groups is 1. The van der Waals surface area contributed by atoms with E-state index in [4.69, 9.17) is 4.74 Å². The molecule has 27 heavy (non-hydrogen) atoms. The van der Waals surface area contributed by atoms with Crippen LogP contribution in [0.5, 0.6) is 5.75 Å². The molecule has 1 aliphatic heterocycles. The highest BCUT2D eigenvalue weighted by molar-refractivity contribution is 5.89. The first-order chi connectivity index (χ1) is 13.2. The fourth-order valence-electron chi connectivity index (χ4n) is 3.36. The molecule has 0 aliphatic carbocycles. The third-order valence-corrected chi connectivity index (χ3v) is 4.93. The topological polar surface area (TPSA) is 58.0 Å². The van der Waals surface area contributed by atoms with Crippen molar-refractivity contribution < 1.29 is 14.4 Å². The molecule has 6 heteroatoms. The van der Waals surface area contributed by atoms with Crippen LogP contribution in [0.2, 0.25) is 0 Å². The van der Waals surface area contributed by atoms with Crippen molar-refractivity contribution in [3.05, 3.63) is 54.6 Å². The first-order valence-corrected chi connectivity index (χ1v) is 9.57. The molecule has 0 atom stereocenters. The van der Waals surface area contributed by atoms with Crippen molar-refractivity contribution >= 4 is 17.4 Å². The molecule has 0 unspecified atom stereocenters. The number of amides is 2. The molecule has 3 N–H and O–H groups in total. The van der Waals surface area contributed by atoms with Crippen molar-refractivity contribution in [2.24, 2.45) is 0 Å². The summed E-state index contributed by atoms with van der Waals surface area (Å²) in [6.45, 7) is 6.16. The summed E-state index contributed by atoms with van der Waals surface area (Å²) < 4.78 is 5.22. The average Bonchev–Trinajstić information content (AvgIpc) is 2.72. The largest absolute Gasteiger partial charge is 0.497 e. The number of methoxy groups -OCH3 is 1. The number of nitrogens with one attached hydrogen (secondary N) is 3. The van der Waals surface area contributed by atoms with Crippen LogP contribution in [0.3, 0.4) is 0 Å². The monoisotopic (exact) mass is 369 g/mol. The molecular weight excluding hydrogens is 340 g/mol. The Kier molecular flexibility index (Phi) is 6.93. The Balaban J connectivity index is 1.31. The Bertz CT molecular complexity index is 698. The molecule has 0 saturated carbocycles. The predicted molar refractivity (Wildman–Crippen MR) is 109 cm³/mol. The fourth-order valence-corrected chi connectivity index (χ4v) is 3.36. The van der Waals surface area contributed by atoms with Crippen LogP contribution < -0.4 is 25.2 Å². The summed E-state index contributed by atoms with van der Waals surface area (Å²) in [6.07, 6.45) is 0.986. The minimum absolute atomic E-state index is 0.138. The van der Waals surface area contributed by atoms with E-state index >= 15 is 0 Å². The number of nitrogens with zero attached hydrogens (tertiary/aromatic N) is 1. The van der Waals surface area contributed by atoms with E-state index in [9.17, 15) is 4.79 Å². The van der Waals surface area contributed by atoms with E-state index < -0.39 is 0 Å². The Morgan fingerprint density at radius 1 is 1.07 bits per heavy atom. The van der Waals surface area contributed by atoms with Crippen molar-refractivity contribution in [1.29, 1.82) is 0 Å². The number of carbonyl (C=O) groups excluding carboxylic acids is 1. The maximum Gasteiger partial charge on any atom is 0.319 e. The standard InChI is InChI=1S/C21H28N4O2/c1-27-20-10-8-19(9-11-20)25-16-14-24(15-17-25)13-5-12-22-21(26)23-18-6-3-2-4-7-18/h2-4,6-11H,5,12-17H2,1H3,(H2,22,23,26)/p+1. The minimum atomic E-state index is -0.138. The molecule has 1 aliphatic rings. The number of piperazine rings is 1. The van der Waals surface area contributed by atoms with Gasteiger partial charge in [0.1, 0.15) is 5.75 Å². The molecule has 1 fully saturated rings. The highest BCUT2D eigenvalue weighted by Gasteiger charge is 2.19. The Labute approximate surface area is 161 Å². The molecular formula is C21H29N4O2+. The van der Waals surface area contributed by atoms with Crippen LogP contribution in [0.25, 0.3) is 0 Å². The normalized spacial score (nSPS) is 14.6. The molecule has 2 amide bonds. The van der Waals surface area contributed by atoms with Gasteiger partial charge in [-0.1, -0.05) is 18.2 Å². The highest BCUT2D eigenvalue weighted by atomic mass is 16.5. The summed E-state index contributed by atoms with van der Waals surface area (Å²) in [5, 5.41) is 5.77. The van der Waals surface area contributed by atoms with Gasteiger partial charge < -0.3 is 25.2 Å². The van der Waals surface area contributed by atoms with E-state index in [2.05, 4.69) is 27.7 Å². The number of hydrogen-bond donors (Lipinski definition) is 3. The predicted octanol–water partition coefficient (Wildman–Crippen LogP) is 1.61. The Morgan fingerprint density at radius 3 is 2.44 bits per heavy atom. The Hall–Kier alpha value is -2.73. The lowest BCUT2D eigenvalue weighted by Gasteiger charge is -2.33. The number of anilines is 2. The molecule has 3 rings (SSSR count). The van der Waals surface area contributed by atoms with Gasteiger partial charge >= 0.3 is 6.03 Å². The second-order valence-electron chi connectivity index (χ2n) is 6.79. The van der Waals surface area contributed by atoms with Crippen LogP contribution in [0.1, 0.15) is 6.42 Å². The van der Waals surface area contributed by atoms with Crippen LogP contribution >= 0.6 is 0 Å². The van der Waals surface area contributed by atoms with E-state index in [1.807, 2.05) is 42.5 Å². The molecule has 0 bridgehead atoms. The summed E-state index contributed by atoms with van der Waals surface area (Å²) in [5.41, 5.74) is 2.07. The molecule has 0 radical (unpaired) electrons. The minimum Gasteiger partial charge on any atom is -0.497 e. The maximum absolute atomic E-state index is 11.9. The third-order valence-electron chi connectivity index (χ3n) is 4.93. The lowest BCUT2D eigenvalue weighted by Crippen LogP contribution is -3.15. The number of para-hydroxylation sites is 1. The fraction of sp³-hybridized carbons (Fsp3) is 0.381. The van der Waals surface area contributed by atoms with Crippen molar-refractivity contribution in [3.63, 3.8) is 0 Å². The molecule has 1 heterocycles. The molecule has 2 aromatic rings. The van der Waals surface area contributed by atoms with Gasteiger partial charge in [0.25, 0.3) is 0 Å². The summed E-state index contributed by atoms with van der Waals surface area (Å²) in [5.74, 6) is 0.895. The van der Waals surface area contributed by atoms with Gasteiger partial charge in [0.05, 0.1) is 39.8 Å². The van der Waals surface area contributed by atoms with Crippen LogP contribution in [-0.4, -0.2) is 52.4 Å². The Morgan fingerprint density at radius 2 is 1.78 bits per heavy atom. The SMILES string of the molecule is COc1ccc(N2CC[NH+](CCCNC(=O)Nc3ccccc3)CC2)cc1. The second kappa shape index (κ2) is 9.83. The summed E-state index contributed by atoms with van der Waals surface area (Å²) in [6, 6.07) is 17.6. The number of ether oxygens (including phenoxy) is 1. The van der Waals surface area contributed by atoms with E-state index in [0.29, 0.717) is 6.54 Å². The second-order valence-corrected chi connectivity index (χ2v) is 6.79. The zero-order valence-corrected chi connectivity index (χ0v) is 15.9. The summed E-state index contributed by atoms with van der Waals surface area (Å²) in [4.78, 5) is 15.9. The van der Waals surface area contributed by atoms with Crippen molar-refractivity contribution in [1.82, 2.24) is 5.32 Å². The van der Waals surface area contributed by atoms with Crippen LogP contribution in [0.4, 0.5) is 16.2 Å². The third kappa shape index (κ3) is 5.89. The number of hydrogen-bond acceptors (Lipinski definition) is 3. The molecule has 0 aromatic heterocycles. The van der Waals surface area contributed by atoms with Gasteiger partial charge in [-0.05, 0) is 36.4 Å². The van der Waals surface area contributed by atoms with Crippen molar-refractivity contribution in [3.8, 4) is 5.75 Å². The van der Waals surface area contributed by atoms with Crippen LogP contribution in [-0.2, 0) is 0 Å². The van der Waals surface area contributed by atoms with E-state index in [0.717, 1.165) is 50.6 Å². The molecule has 0 spiro atoms. The quantitative estimate of drug-likeness (QED) is 0.650. The van der Waals surface area contributed by atoms with Gasteiger partial charge in [0, 0.05) is 24.3 Å². The van der Waals surface area contributed by atoms with E-state index in [-0.39, 0.29) is 6.03 Å². The van der Waals surface area contributed by atoms with Gasteiger partial charge in [0.2, 0.25) is 0 Å². The van der Waals surface area contributed by atoms with E-state index in [1.54, 1.807) is 12.0 Å². The first kappa shape index (κ1) is 19.0. The smallest absolute Gasteiger partial charge is 0.319 e. The van der Waals surface area contributed by atoms with Gasteiger partial charge in [-0.25, -0.2) is 4.79 Å².